The van der Waals surface area contributed by atoms with E-state index in [1.165, 1.54) is 17.0 Å². The number of nitrogens with one attached hydrogen (secondary N) is 1. The highest BCUT2D eigenvalue weighted by atomic mass is 19.1. The van der Waals surface area contributed by atoms with Gasteiger partial charge in [-0.25, -0.2) is 13.6 Å². The van der Waals surface area contributed by atoms with Gasteiger partial charge in [0, 0.05) is 23.6 Å². The molecule has 2 aromatic carbocycles. The van der Waals surface area contributed by atoms with E-state index in [-0.39, 0.29) is 30.8 Å². The maximum Gasteiger partial charge on any atom is 0.318 e. The van der Waals surface area contributed by atoms with Gasteiger partial charge in [0.15, 0.2) is 6.10 Å². The number of carbonyl (C=O) groups is 1. The van der Waals surface area contributed by atoms with Crippen molar-refractivity contribution < 1.29 is 23.1 Å². The Labute approximate surface area is 180 Å². The van der Waals surface area contributed by atoms with E-state index in [0.29, 0.717) is 6.42 Å². The first kappa shape index (κ1) is 22.5. The molecule has 0 saturated heterocycles. The summed E-state index contributed by atoms with van der Waals surface area (Å²) in [6.45, 7) is 5.75. The van der Waals surface area contributed by atoms with E-state index in [1.807, 2.05) is 45.0 Å². The number of carbonyl (C=O) groups excluding carboxylic acids is 1. The van der Waals surface area contributed by atoms with Crippen molar-refractivity contribution in [2.75, 3.05) is 13.7 Å². The number of amides is 2. The van der Waals surface area contributed by atoms with Crippen LogP contribution < -0.4 is 10.1 Å². The average Bonchev–Trinajstić information content (AvgIpc) is 3.16. The number of hydrogen-bond donors (Lipinski definition) is 1. The topological polar surface area (TPSA) is 63.2 Å². The maximum atomic E-state index is 14.2. The fraction of sp³-hybridized carbons (Fsp3) is 0.391. The lowest BCUT2D eigenvalue weighted by molar-refractivity contribution is 0.0578. The van der Waals surface area contributed by atoms with Crippen LogP contribution in [0.5, 0.6) is 5.75 Å². The summed E-state index contributed by atoms with van der Waals surface area (Å²) in [5, 5.41) is 7.04. The third kappa shape index (κ3) is 6.16. The fourth-order valence-corrected chi connectivity index (χ4v) is 3.20. The van der Waals surface area contributed by atoms with Gasteiger partial charge in [0.25, 0.3) is 0 Å². The highest BCUT2D eigenvalue weighted by Crippen LogP contribution is 2.21. The summed E-state index contributed by atoms with van der Waals surface area (Å²) in [7, 11) is 1.60. The van der Waals surface area contributed by atoms with E-state index in [1.54, 1.807) is 7.11 Å². The van der Waals surface area contributed by atoms with E-state index < -0.39 is 17.2 Å². The van der Waals surface area contributed by atoms with Gasteiger partial charge in [-0.15, -0.1) is 0 Å². The number of nitrogens with zero attached hydrogens (tertiary/aromatic N) is 2. The summed E-state index contributed by atoms with van der Waals surface area (Å²) in [4.78, 5) is 19.9. The van der Waals surface area contributed by atoms with Crippen LogP contribution in [0.2, 0.25) is 0 Å². The molecule has 8 heteroatoms. The van der Waals surface area contributed by atoms with Crippen molar-refractivity contribution >= 4 is 11.7 Å². The average molecular weight is 431 g/mol. The third-order valence-electron chi connectivity index (χ3n) is 4.73. The Morgan fingerprint density at radius 2 is 1.94 bits per heavy atom. The molecule has 1 atom stereocenters. The molecular formula is C23H27F2N3O3. The minimum absolute atomic E-state index is 0.0221. The molecule has 1 aliphatic rings. The number of ether oxygens (including phenoxy) is 1. The van der Waals surface area contributed by atoms with Crippen LogP contribution in [-0.4, -0.2) is 41.9 Å². The molecule has 1 aliphatic heterocycles. The van der Waals surface area contributed by atoms with E-state index in [2.05, 4.69) is 10.5 Å². The van der Waals surface area contributed by atoms with Crippen molar-refractivity contribution in [2.24, 2.45) is 5.16 Å². The number of oxime groups is 1. The molecule has 166 valence electrons. The standard InChI is InChI=1S/C23H27F2N3O3/c1-23(2,3)26-22(29)28(13-16-5-8-17(24)11-20(16)25)14-19-12-21(27-31-19)15-6-9-18(30-4)10-7-15/h5-11,19H,12-14H2,1-4H3,(H,26,29). The van der Waals surface area contributed by atoms with Crippen LogP contribution in [0.4, 0.5) is 13.6 Å². The summed E-state index contributed by atoms with van der Waals surface area (Å²) in [5.41, 5.74) is 1.41. The van der Waals surface area contributed by atoms with Gasteiger partial charge in [0.05, 0.1) is 25.9 Å². The van der Waals surface area contributed by atoms with Gasteiger partial charge in [-0.05, 0) is 56.7 Å². The first-order valence-corrected chi connectivity index (χ1v) is 10.0. The Balaban J connectivity index is 1.71. The predicted molar refractivity (Wildman–Crippen MR) is 114 cm³/mol. The minimum atomic E-state index is -0.698. The predicted octanol–water partition coefficient (Wildman–Crippen LogP) is 4.48. The van der Waals surface area contributed by atoms with Gasteiger partial charge < -0.3 is 19.8 Å². The van der Waals surface area contributed by atoms with Crippen molar-refractivity contribution in [2.45, 2.75) is 45.4 Å². The van der Waals surface area contributed by atoms with Gasteiger partial charge in [-0.3, -0.25) is 0 Å². The Morgan fingerprint density at radius 1 is 1.23 bits per heavy atom. The molecule has 2 amide bonds. The molecule has 6 nitrogen and oxygen atoms in total. The summed E-state index contributed by atoms with van der Waals surface area (Å²) >= 11 is 0. The second-order valence-electron chi connectivity index (χ2n) is 8.49. The lowest BCUT2D eigenvalue weighted by Crippen LogP contribution is -2.50. The second-order valence-corrected chi connectivity index (χ2v) is 8.49. The summed E-state index contributed by atoms with van der Waals surface area (Å²) in [6, 6.07) is 10.4. The van der Waals surface area contributed by atoms with Gasteiger partial charge in [0.2, 0.25) is 0 Å². The monoisotopic (exact) mass is 431 g/mol. The summed E-state index contributed by atoms with van der Waals surface area (Å²) in [5.74, 6) is -0.620. The zero-order valence-electron chi connectivity index (χ0n) is 18.1. The molecule has 0 fully saturated rings. The molecule has 31 heavy (non-hydrogen) atoms. The van der Waals surface area contributed by atoms with Crippen LogP contribution in [0.25, 0.3) is 0 Å². The first-order valence-electron chi connectivity index (χ1n) is 10.0. The summed E-state index contributed by atoms with van der Waals surface area (Å²) in [6.07, 6.45) is 0.115. The SMILES string of the molecule is COc1ccc(C2=NOC(CN(Cc3ccc(F)cc3F)C(=O)NC(C)(C)C)C2)cc1. The van der Waals surface area contributed by atoms with Crippen LogP contribution in [0.15, 0.2) is 47.6 Å². The smallest absolute Gasteiger partial charge is 0.318 e. The fourth-order valence-electron chi connectivity index (χ4n) is 3.20. The Kier molecular flexibility index (Phi) is 6.77. The van der Waals surface area contributed by atoms with E-state index >= 15 is 0 Å². The van der Waals surface area contributed by atoms with Gasteiger partial charge in [-0.2, -0.15) is 0 Å². The van der Waals surface area contributed by atoms with Crippen molar-refractivity contribution in [3.63, 3.8) is 0 Å². The molecule has 0 spiro atoms. The lowest BCUT2D eigenvalue weighted by atomic mass is 10.0. The van der Waals surface area contributed by atoms with Crippen molar-refractivity contribution in [1.29, 1.82) is 0 Å². The Morgan fingerprint density at radius 3 is 2.55 bits per heavy atom. The normalized spacial score (nSPS) is 15.8. The molecule has 3 rings (SSSR count). The van der Waals surface area contributed by atoms with Crippen molar-refractivity contribution in [1.82, 2.24) is 10.2 Å². The molecule has 2 aromatic rings. The van der Waals surface area contributed by atoms with Crippen LogP contribution >= 0.6 is 0 Å². The number of methoxy groups -OCH3 is 1. The largest absolute Gasteiger partial charge is 0.497 e. The quantitative estimate of drug-likeness (QED) is 0.734. The number of urea groups is 1. The van der Waals surface area contributed by atoms with E-state index in [9.17, 15) is 13.6 Å². The van der Waals surface area contributed by atoms with Crippen molar-refractivity contribution in [3.8, 4) is 5.75 Å². The van der Waals surface area contributed by atoms with Crippen LogP contribution in [0.1, 0.15) is 38.3 Å². The highest BCUT2D eigenvalue weighted by Gasteiger charge is 2.29. The maximum absolute atomic E-state index is 14.2. The molecule has 1 heterocycles. The molecule has 1 N–H and O–H groups in total. The summed E-state index contributed by atoms with van der Waals surface area (Å²) < 4.78 is 32.6. The van der Waals surface area contributed by atoms with Gasteiger partial charge in [-0.1, -0.05) is 11.2 Å². The Hall–Kier alpha value is -3.16. The molecule has 0 aliphatic carbocycles. The van der Waals surface area contributed by atoms with E-state index in [4.69, 9.17) is 9.57 Å². The number of halogens is 2. The highest BCUT2D eigenvalue weighted by molar-refractivity contribution is 6.01. The molecule has 0 aromatic heterocycles. The van der Waals surface area contributed by atoms with Gasteiger partial charge in [0.1, 0.15) is 17.4 Å². The molecule has 0 saturated carbocycles. The number of hydrogen-bond acceptors (Lipinski definition) is 4. The van der Waals surface area contributed by atoms with Gasteiger partial charge >= 0.3 is 6.03 Å². The molecule has 1 unspecified atom stereocenters. The van der Waals surface area contributed by atoms with Crippen LogP contribution in [-0.2, 0) is 11.4 Å². The third-order valence-corrected chi connectivity index (χ3v) is 4.73. The first-order chi connectivity index (χ1) is 14.6. The van der Waals surface area contributed by atoms with Crippen LogP contribution in [0, 0.1) is 11.6 Å². The lowest BCUT2D eigenvalue weighted by Gasteiger charge is -2.29. The van der Waals surface area contributed by atoms with E-state index in [0.717, 1.165) is 23.1 Å². The van der Waals surface area contributed by atoms with Crippen molar-refractivity contribution in [3.05, 3.63) is 65.2 Å². The van der Waals surface area contributed by atoms with Crippen LogP contribution in [0.3, 0.4) is 0 Å². The zero-order valence-corrected chi connectivity index (χ0v) is 18.1. The molecule has 0 radical (unpaired) electrons. The zero-order chi connectivity index (χ0) is 22.6. The molecule has 0 bridgehead atoms. The second kappa shape index (κ2) is 9.32. The Bertz CT molecular complexity index is 956. The number of benzene rings is 2. The minimum Gasteiger partial charge on any atom is -0.497 e. The molecular weight excluding hydrogens is 404 g/mol. The number of rotatable bonds is 6.